The minimum absolute atomic E-state index is 0.0808. The van der Waals surface area contributed by atoms with Crippen molar-refractivity contribution >= 4 is 35.1 Å². The van der Waals surface area contributed by atoms with Gasteiger partial charge in [-0.2, -0.15) is 13.2 Å². The number of nitrogens with zero attached hydrogens (tertiary/aromatic N) is 1. The summed E-state index contributed by atoms with van der Waals surface area (Å²) in [7, 11) is 0. The number of piperidine rings is 1. The summed E-state index contributed by atoms with van der Waals surface area (Å²) >= 11 is 6.24. The van der Waals surface area contributed by atoms with Gasteiger partial charge in [0.05, 0.1) is 5.41 Å². The van der Waals surface area contributed by atoms with Gasteiger partial charge in [-0.05, 0) is 25.0 Å². The van der Waals surface area contributed by atoms with Crippen LogP contribution < -0.4 is 11.1 Å². The Hall–Kier alpha value is -2.33. The molecule has 1 fully saturated rings. The van der Waals surface area contributed by atoms with Crippen LogP contribution in [0, 0.1) is 0 Å². The van der Waals surface area contributed by atoms with E-state index in [1.807, 2.05) is 0 Å². The largest absolute Gasteiger partial charge is 0.492 e. The van der Waals surface area contributed by atoms with Crippen molar-refractivity contribution < 1.29 is 32.4 Å². The Bertz CT molecular complexity index is 804. The predicted octanol–water partition coefficient (Wildman–Crippen LogP) is 1.75. The summed E-state index contributed by atoms with van der Waals surface area (Å²) in [5, 5.41) is 3.67. The van der Waals surface area contributed by atoms with Crippen molar-refractivity contribution in [1.29, 1.82) is 0 Å². The zero-order valence-electron chi connectivity index (χ0n) is 13.2. The number of alkyl halides is 3. The van der Waals surface area contributed by atoms with E-state index in [0.29, 0.717) is 11.3 Å². The molecule has 140 valence electrons. The molecular formula is C15H13ClF3N3O4. The summed E-state index contributed by atoms with van der Waals surface area (Å²) in [5.41, 5.74) is 5.10. The first kappa shape index (κ1) is 18.5. The van der Waals surface area contributed by atoms with E-state index in [4.69, 9.17) is 17.3 Å². The maximum Gasteiger partial charge on any atom is 0.492 e. The van der Waals surface area contributed by atoms with E-state index in [2.05, 4.69) is 10.2 Å². The molecule has 2 aliphatic rings. The quantitative estimate of drug-likeness (QED) is 0.799. The Morgan fingerprint density at radius 3 is 2.42 bits per heavy atom. The number of hydroxylamine groups is 2. The van der Waals surface area contributed by atoms with Crippen LogP contribution in [0.5, 0.6) is 0 Å². The minimum Gasteiger partial charge on any atom is -0.366 e. The average Bonchev–Trinajstić information content (AvgIpc) is 2.81. The molecular weight excluding hydrogens is 379 g/mol. The second-order valence-electron chi connectivity index (χ2n) is 6.09. The first-order valence-corrected chi connectivity index (χ1v) is 7.92. The van der Waals surface area contributed by atoms with Gasteiger partial charge >= 0.3 is 12.1 Å². The van der Waals surface area contributed by atoms with Gasteiger partial charge in [0.1, 0.15) is 0 Å². The zero-order chi connectivity index (χ0) is 19.3. The number of nitrogens with one attached hydrogen (secondary N) is 1. The van der Waals surface area contributed by atoms with Crippen LogP contribution in [0.1, 0.15) is 28.8 Å². The molecule has 2 amide bonds. The molecule has 1 aromatic carbocycles. The summed E-state index contributed by atoms with van der Waals surface area (Å²) in [6.07, 6.45) is -4.92. The van der Waals surface area contributed by atoms with Crippen molar-refractivity contribution in [3.05, 3.63) is 28.3 Å². The van der Waals surface area contributed by atoms with Gasteiger partial charge in [-0.3, -0.25) is 9.59 Å². The van der Waals surface area contributed by atoms with Crippen LogP contribution in [0.25, 0.3) is 0 Å². The first-order chi connectivity index (χ1) is 12.0. The van der Waals surface area contributed by atoms with E-state index in [-0.39, 0.29) is 42.4 Å². The molecule has 3 rings (SSSR count). The number of carbonyl (C=O) groups excluding carboxylic acids is 3. The number of fused-ring (bicyclic) bond motifs is 2. The maximum atomic E-state index is 12.5. The lowest BCUT2D eigenvalue weighted by molar-refractivity contribution is -0.242. The van der Waals surface area contributed by atoms with Gasteiger partial charge in [0.25, 0.3) is 0 Å². The van der Waals surface area contributed by atoms with Crippen molar-refractivity contribution in [2.75, 3.05) is 18.4 Å². The van der Waals surface area contributed by atoms with Gasteiger partial charge in [-0.25, -0.2) is 4.79 Å². The third-order valence-corrected chi connectivity index (χ3v) is 4.85. The highest BCUT2D eigenvalue weighted by Gasteiger charge is 2.51. The Morgan fingerprint density at radius 2 is 1.88 bits per heavy atom. The molecule has 3 N–H and O–H groups in total. The maximum absolute atomic E-state index is 12.5. The second kappa shape index (κ2) is 6.13. The topological polar surface area (TPSA) is 102 Å². The summed E-state index contributed by atoms with van der Waals surface area (Å²) in [6, 6.07) is 2.76. The van der Waals surface area contributed by atoms with Crippen LogP contribution >= 0.6 is 11.6 Å². The van der Waals surface area contributed by atoms with Crippen LogP contribution in [0.3, 0.4) is 0 Å². The van der Waals surface area contributed by atoms with Crippen molar-refractivity contribution in [1.82, 2.24) is 5.06 Å². The molecule has 0 unspecified atom stereocenters. The number of benzene rings is 1. The number of halogens is 4. The number of rotatable bonds is 2. The fourth-order valence-corrected chi connectivity index (χ4v) is 3.69. The molecule has 1 aromatic rings. The summed E-state index contributed by atoms with van der Waals surface area (Å²) in [4.78, 5) is 39.1. The molecule has 11 heteroatoms. The highest BCUT2D eigenvalue weighted by molar-refractivity contribution is 6.33. The zero-order valence-corrected chi connectivity index (χ0v) is 13.9. The van der Waals surface area contributed by atoms with Gasteiger partial charge < -0.3 is 15.9 Å². The van der Waals surface area contributed by atoms with E-state index < -0.39 is 23.5 Å². The standard InChI is InChI=1S/C15H13ClF3N3O4/c16-8-5-7(11(20)23)6-9-10(8)14(12(24)21-9)1-3-22(4-2-14)26-13(25)15(17,18)19/h5-6H,1-4H2,(H2,20,23)(H,21,24). The lowest BCUT2D eigenvalue weighted by Crippen LogP contribution is -2.48. The van der Waals surface area contributed by atoms with Crippen LogP contribution in [0.2, 0.25) is 5.02 Å². The Balaban J connectivity index is 1.83. The smallest absolute Gasteiger partial charge is 0.366 e. The Labute approximate surface area is 150 Å². The Morgan fingerprint density at radius 1 is 1.27 bits per heavy atom. The number of anilines is 1. The number of primary amides is 1. The molecule has 0 atom stereocenters. The lowest BCUT2D eigenvalue weighted by atomic mass is 9.74. The molecule has 2 heterocycles. The third-order valence-electron chi connectivity index (χ3n) is 4.56. The number of amides is 2. The van der Waals surface area contributed by atoms with E-state index in [0.717, 1.165) is 5.06 Å². The molecule has 1 spiro atoms. The van der Waals surface area contributed by atoms with Crippen LogP contribution in [0.4, 0.5) is 18.9 Å². The minimum atomic E-state index is -5.10. The number of hydrogen-bond donors (Lipinski definition) is 2. The van der Waals surface area contributed by atoms with Crippen molar-refractivity contribution in [2.45, 2.75) is 24.4 Å². The number of hydrogen-bond acceptors (Lipinski definition) is 5. The summed E-state index contributed by atoms with van der Waals surface area (Å²) < 4.78 is 36.9. The normalized spacial score (nSPS) is 19.2. The predicted molar refractivity (Wildman–Crippen MR) is 83.2 cm³/mol. The first-order valence-electron chi connectivity index (χ1n) is 7.54. The van der Waals surface area contributed by atoms with Crippen LogP contribution in [-0.2, 0) is 19.8 Å². The Kier molecular flexibility index (Phi) is 4.35. The second-order valence-corrected chi connectivity index (χ2v) is 6.49. The summed E-state index contributed by atoms with van der Waals surface area (Å²) in [6.45, 7) is -0.162. The van der Waals surface area contributed by atoms with E-state index in [1.165, 1.54) is 12.1 Å². The van der Waals surface area contributed by atoms with Gasteiger partial charge in [-0.15, -0.1) is 5.06 Å². The van der Waals surface area contributed by atoms with E-state index in [1.54, 1.807) is 0 Å². The van der Waals surface area contributed by atoms with Gasteiger partial charge in [0.2, 0.25) is 11.8 Å². The highest BCUT2D eigenvalue weighted by Crippen LogP contribution is 2.48. The number of nitrogens with two attached hydrogens (primary N) is 1. The SMILES string of the molecule is NC(=O)c1cc(Cl)c2c(c1)NC(=O)C21CCN(OC(=O)C(F)(F)F)CC1. The number of carbonyl (C=O) groups is 3. The molecule has 26 heavy (non-hydrogen) atoms. The molecule has 0 radical (unpaired) electrons. The molecule has 0 saturated carbocycles. The van der Waals surface area contributed by atoms with Gasteiger partial charge in [0.15, 0.2) is 0 Å². The van der Waals surface area contributed by atoms with Crippen LogP contribution in [-0.4, -0.2) is 42.1 Å². The van der Waals surface area contributed by atoms with E-state index >= 15 is 0 Å². The molecule has 0 bridgehead atoms. The molecule has 0 aromatic heterocycles. The van der Waals surface area contributed by atoms with Crippen LogP contribution in [0.15, 0.2) is 12.1 Å². The van der Waals surface area contributed by atoms with Crippen molar-refractivity contribution in [3.63, 3.8) is 0 Å². The van der Waals surface area contributed by atoms with Gasteiger partial charge in [0, 0.05) is 34.9 Å². The average molecular weight is 392 g/mol. The molecule has 7 nitrogen and oxygen atoms in total. The van der Waals surface area contributed by atoms with Gasteiger partial charge in [-0.1, -0.05) is 11.6 Å². The highest BCUT2D eigenvalue weighted by atomic mass is 35.5. The van der Waals surface area contributed by atoms with Crippen molar-refractivity contribution in [3.8, 4) is 0 Å². The molecule has 1 saturated heterocycles. The van der Waals surface area contributed by atoms with E-state index in [9.17, 15) is 27.6 Å². The fourth-order valence-electron chi connectivity index (χ4n) is 3.29. The lowest BCUT2D eigenvalue weighted by Gasteiger charge is -2.37. The molecule has 2 aliphatic heterocycles. The summed E-state index contributed by atoms with van der Waals surface area (Å²) in [5.74, 6) is -3.40. The molecule has 0 aliphatic carbocycles. The van der Waals surface area contributed by atoms with Crippen molar-refractivity contribution in [2.24, 2.45) is 5.73 Å². The monoisotopic (exact) mass is 391 g/mol. The third kappa shape index (κ3) is 2.99. The fraction of sp³-hybridized carbons (Fsp3) is 0.400.